The van der Waals surface area contributed by atoms with Crippen LogP contribution in [0.25, 0.3) is 0 Å². The van der Waals surface area contributed by atoms with Crippen LogP contribution in [0.2, 0.25) is 0 Å². The molecule has 0 N–H and O–H groups in total. The van der Waals surface area contributed by atoms with Gasteiger partial charge in [-0.1, -0.05) is 0 Å². The average Bonchev–Trinajstić information content (AvgIpc) is 0.918. The van der Waals surface area contributed by atoms with Crippen molar-refractivity contribution in [3.05, 3.63) is 0 Å². The molecule has 0 saturated carbocycles. The van der Waals surface area contributed by atoms with Crippen LogP contribution >= 0.6 is 0 Å². The average molecular weight is 167 g/mol. The normalized spacial score (nSPS) is 3.25. The van der Waals surface area contributed by atoms with Crippen molar-refractivity contribution in [1.29, 1.82) is 0 Å². The topological polar surface area (TPSA) is 17.1 Å². The van der Waals surface area contributed by atoms with Gasteiger partial charge in [0.25, 0.3) is 0 Å². The quantitative estimate of drug-likeness (QED) is 0.325. The molecule has 0 aliphatic heterocycles. The van der Waals surface area contributed by atoms with Gasteiger partial charge in [-0.15, -0.1) is 0 Å². The minimum atomic E-state index is 0. The van der Waals surface area contributed by atoms with Crippen LogP contribution in [-0.2, 0) is 4.79 Å². The van der Waals surface area contributed by atoms with Gasteiger partial charge in [0.2, 0.25) is 0 Å². The molecule has 0 radical (unpaired) electrons. The van der Waals surface area contributed by atoms with Gasteiger partial charge in [0, 0.05) is 0 Å². The van der Waals surface area contributed by atoms with E-state index in [4.69, 9.17) is 4.79 Å². The molecule has 0 atom stereocenters. The van der Waals surface area contributed by atoms with Gasteiger partial charge in [-0.25, -0.2) is 0 Å². The fraction of sp³-hybridized carbons (Fsp3) is 0.500. The molecule has 0 aliphatic carbocycles. The van der Waals surface area contributed by atoms with Crippen molar-refractivity contribution in [1.82, 2.24) is 0 Å². The van der Waals surface area contributed by atoms with Gasteiger partial charge in [-0.2, -0.15) is 0 Å². The third-order valence-electron chi connectivity index (χ3n) is 0. The predicted molar refractivity (Wildman–Crippen MR) is 23.1 cm³/mol. The summed E-state index contributed by atoms with van der Waals surface area (Å²) in [5.74, 6) is 0. The fourth-order valence-electron chi connectivity index (χ4n) is 0. The summed E-state index contributed by atoms with van der Waals surface area (Å²) in [4.78, 5) is 8.81. The van der Waals surface area contributed by atoms with Gasteiger partial charge in [0.1, 0.15) is 6.29 Å². The molecule has 0 amide bonds. The second kappa shape index (κ2) is 9.80. The number of carbonyl (C=O) groups is 1. The molecule has 0 aliphatic rings. The van der Waals surface area contributed by atoms with Crippen molar-refractivity contribution in [3.63, 3.8) is 0 Å². The van der Waals surface area contributed by atoms with Crippen LogP contribution in [0.4, 0.5) is 0 Å². The summed E-state index contributed by atoms with van der Waals surface area (Å²) < 4.78 is 0. The maximum absolute atomic E-state index is 8.81. The van der Waals surface area contributed by atoms with Crippen molar-refractivity contribution in [2.24, 2.45) is 0 Å². The molecule has 0 bridgehead atoms. The van der Waals surface area contributed by atoms with Crippen LogP contribution in [0.5, 0.6) is 0 Å². The Balaban J connectivity index is 0. The Labute approximate surface area is 42.3 Å². The van der Waals surface area contributed by atoms with Crippen molar-refractivity contribution in [3.8, 4) is 0 Å². The first-order valence-electron chi connectivity index (χ1n) is 0.813. The molecule has 0 saturated heterocycles. The van der Waals surface area contributed by atoms with Crippen molar-refractivity contribution in [2.75, 3.05) is 0 Å². The van der Waals surface area contributed by atoms with Crippen LogP contribution < -0.4 is 0 Å². The van der Waals surface area contributed by atoms with E-state index in [1.54, 1.807) is 0 Å². The second-order valence-corrected chi connectivity index (χ2v) is 0.236. The summed E-state index contributed by atoms with van der Waals surface area (Å²) in [6, 6.07) is 0. The number of hydrogen-bond donors (Lipinski definition) is 0. The molecule has 0 fully saturated rings. The van der Waals surface area contributed by atoms with E-state index >= 15 is 0 Å². The van der Waals surface area contributed by atoms with Gasteiger partial charge >= 0.3 is 23.9 Å². The first-order chi connectivity index (χ1) is 1.41. The Morgan fingerprint density at radius 3 is 1.75 bits per heavy atom. The Morgan fingerprint density at radius 2 is 1.75 bits per heavy atom. The van der Waals surface area contributed by atoms with Crippen LogP contribution in [-0.4, -0.2) is 30.2 Å². The zero-order valence-electron chi connectivity index (χ0n) is 1.99. The summed E-state index contributed by atoms with van der Waals surface area (Å²) in [6.45, 7) is 1.44. The molecule has 0 unspecified atom stereocenters. The zero-order chi connectivity index (χ0) is 2.71. The van der Waals surface area contributed by atoms with Crippen LogP contribution in [0.1, 0.15) is 6.92 Å². The van der Waals surface area contributed by atoms with E-state index in [1.807, 2.05) is 0 Å². The predicted octanol–water partition coefficient (Wildman–Crippen LogP) is -1.25. The van der Waals surface area contributed by atoms with Crippen LogP contribution in [0.15, 0.2) is 0 Å². The summed E-state index contributed by atoms with van der Waals surface area (Å²) in [7, 11) is 0. The first-order valence-corrected chi connectivity index (χ1v) is 0.813. The molecule has 26 valence electrons. The minimum absolute atomic E-state index is 0. The molecule has 0 heterocycles. The van der Waals surface area contributed by atoms with Gasteiger partial charge in [0.15, 0.2) is 0 Å². The molecule has 0 aromatic heterocycles. The van der Waals surface area contributed by atoms with Crippen molar-refractivity contribution < 1.29 is 4.79 Å². The van der Waals surface area contributed by atoms with Gasteiger partial charge in [-0.05, 0) is 6.92 Å². The fourth-order valence-corrected chi connectivity index (χ4v) is 0. The Morgan fingerprint density at radius 1 is 1.75 bits per heavy atom. The van der Waals surface area contributed by atoms with Gasteiger partial charge in [-0.3, -0.25) is 0 Å². The Bertz CT molecular complexity index is 13.5. The summed E-state index contributed by atoms with van der Waals surface area (Å²) >= 11 is 0. The standard InChI is InChI=1S/C2H4O.Sn.4H/c1-2-3;;;;;/h2H,1H3;;;;;. The number of hydrogen-bond acceptors (Lipinski definition) is 1. The van der Waals surface area contributed by atoms with E-state index in [9.17, 15) is 0 Å². The van der Waals surface area contributed by atoms with E-state index in [-0.39, 0.29) is 23.9 Å². The molecular weight excluding hydrogens is 159 g/mol. The molecule has 2 heteroatoms. The SMILES string of the molecule is CC=O.[SnH4]. The van der Waals surface area contributed by atoms with Crippen LogP contribution in [0, 0.1) is 0 Å². The molecule has 0 spiro atoms. The van der Waals surface area contributed by atoms with Gasteiger partial charge in [0.05, 0.1) is 0 Å². The second-order valence-electron chi connectivity index (χ2n) is 0.236. The summed E-state index contributed by atoms with van der Waals surface area (Å²) in [5.41, 5.74) is 0. The molecule has 4 heavy (non-hydrogen) atoms. The van der Waals surface area contributed by atoms with E-state index < -0.39 is 0 Å². The summed E-state index contributed by atoms with van der Waals surface area (Å²) in [5, 5.41) is 0. The van der Waals surface area contributed by atoms with Crippen LogP contribution in [0.3, 0.4) is 0 Å². The van der Waals surface area contributed by atoms with E-state index in [1.165, 1.54) is 6.92 Å². The molecular formula is C2H8OSn. The monoisotopic (exact) mass is 168 g/mol. The summed E-state index contributed by atoms with van der Waals surface area (Å²) in [6.07, 6.45) is 0.750. The van der Waals surface area contributed by atoms with Gasteiger partial charge < -0.3 is 4.79 Å². The van der Waals surface area contributed by atoms with Crippen molar-refractivity contribution >= 4 is 30.2 Å². The molecule has 0 rings (SSSR count). The van der Waals surface area contributed by atoms with E-state index in [0.717, 1.165) is 6.29 Å². The van der Waals surface area contributed by atoms with E-state index in [2.05, 4.69) is 0 Å². The van der Waals surface area contributed by atoms with E-state index in [0.29, 0.717) is 0 Å². The third kappa shape index (κ3) is 24.2. The van der Waals surface area contributed by atoms with Crippen molar-refractivity contribution in [2.45, 2.75) is 6.92 Å². The number of rotatable bonds is 0. The molecule has 1 nitrogen and oxygen atoms in total. The Kier molecular flexibility index (Phi) is 21.6. The molecule has 0 aromatic carbocycles. The third-order valence-corrected chi connectivity index (χ3v) is 0. The molecule has 0 aromatic rings. The number of carbonyl (C=O) groups excluding carboxylic acids is 1. The Hall–Kier alpha value is 0.469. The zero-order valence-corrected chi connectivity index (χ0v) is 1.99. The number of aldehydes is 1. The maximum atomic E-state index is 8.81. The first kappa shape index (κ1) is 8.82.